The number of aryl methyl sites for hydroxylation is 4. The Hall–Kier alpha value is -1.62. The minimum Gasteiger partial charge on any atom is -0.444 e. The van der Waals surface area contributed by atoms with Gasteiger partial charge < -0.3 is 15.1 Å². The fourth-order valence-electron chi connectivity index (χ4n) is 2.80. The number of benzene rings is 1. The molecule has 1 atom stereocenters. The molecule has 1 aromatic heterocycles. The molecule has 2 rings (SSSR count). The Kier molecular flexibility index (Phi) is 10.3. The Morgan fingerprint density at radius 3 is 2.40 bits per heavy atom. The fraction of sp³-hybridized carbons (Fsp3) is 0.524. The van der Waals surface area contributed by atoms with Crippen molar-refractivity contribution in [1.29, 1.82) is 0 Å². The van der Waals surface area contributed by atoms with Crippen molar-refractivity contribution in [3.05, 3.63) is 46.7 Å². The van der Waals surface area contributed by atoms with Crippen molar-refractivity contribution in [3.63, 3.8) is 0 Å². The first-order valence-corrected chi connectivity index (χ1v) is 11.6. The largest absolute Gasteiger partial charge is 0.444 e. The van der Waals surface area contributed by atoms with Crippen LogP contribution in [0.25, 0.3) is 0 Å². The Bertz CT molecular complexity index is 951. The Morgan fingerprint density at radius 2 is 1.87 bits per heavy atom. The molecule has 0 radical (unpaired) electrons. The molecule has 0 amide bonds. The van der Waals surface area contributed by atoms with Gasteiger partial charge in [0, 0.05) is 12.6 Å². The van der Waals surface area contributed by atoms with Crippen LogP contribution in [-0.4, -0.2) is 37.7 Å². The minimum atomic E-state index is -3.42. The van der Waals surface area contributed by atoms with E-state index in [1.54, 1.807) is 12.1 Å². The molecule has 1 heterocycles. The van der Waals surface area contributed by atoms with Crippen LogP contribution in [0.2, 0.25) is 0 Å². The number of nitrogens with zero attached hydrogens (tertiary/aromatic N) is 2. The summed E-state index contributed by atoms with van der Waals surface area (Å²) in [4.78, 5) is 9.18. The molecule has 0 aliphatic rings. The van der Waals surface area contributed by atoms with E-state index in [9.17, 15) is 8.42 Å². The van der Waals surface area contributed by atoms with Crippen molar-refractivity contribution >= 4 is 39.8 Å². The van der Waals surface area contributed by atoms with Gasteiger partial charge in [-0.15, -0.1) is 24.0 Å². The normalized spacial score (nSPS) is 12.9. The van der Waals surface area contributed by atoms with Gasteiger partial charge in [-0.1, -0.05) is 13.0 Å². The van der Waals surface area contributed by atoms with Crippen LogP contribution in [0.5, 0.6) is 0 Å². The molecule has 0 aliphatic heterocycles. The van der Waals surface area contributed by atoms with Gasteiger partial charge in [0.15, 0.2) is 15.8 Å². The van der Waals surface area contributed by atoms with Crippen LogP contribution in [0.4, 0.5) is 0 Å². The van der Waals surface area contributed by atoms with E-state index in [2.05, 4.69) is 20.6 Å². The standard InChI is InChI=1S/C21H32N4O3S.HI/c1-7-18(13-29(26,27)19-10-9-14(3)15(4)11-19)25-21(22-8-2)23-12-20-24-16(5)17(6)28-20;/h9-11,18H,7-8,12-13H2,1-6H3,(H2,22,23,25);1H. The number of hydrogen-bond acceptors (Lipinski definition) is 5. The van der Waals surface area contributed by atoms with Gasteiger partial charge in [-0.25, -0.2) is 18.4 Å². The van der Waals surface area contributed by atoms with E-state index in [4.69, 9.17) is 4.42 Å². The summed E-state index contributed by atoms with van der Waals surface area (Å²) in [5, 5.41) is 6.39. The number of sulfone groups is 1. The summed E-state index contributed by atoms with van der Waals surface area (Å²) in [7, 11) is -3.42. The molecule has 0 fully saturated rings. The number of rotatable bonds is 8. The lowest BCUT2D eigenvalue weighted by molar-refractivity contribution is 0.472. The summed E-state index contributed by atoms with van der Waals surface area (Å²) in [5.74, 6) is 1.85. The van der Waals surface area contributed by atoms with Crippen LogP contribution >= 0.6 is 24.0 Å². The summed E-state index contributed by atoms with van der Waals surface area (Å²) in [6.07, 6.45) is 0.645. The summed E-state index contributed by atoms with van der Waals surface area (Å²) < 4.78 is 31.4. The van der Waals surface area contributed by atoms with E-state index in [0.29, 0.717) is 29.7 Å². The maximum Gasteiger partial charge on any atom is 0.216 e. The number of nitrogens with one attached hydrogen (secondary N) is 2. The van der Waals surface area contributed by atoms with E-state index in [1.165, 1.54) is 0 Å². The van der Waals surface area contributed by atoms with E-state index >= 15 is 0 Å². The summed E-state index contributed by atoms with van der Waals surface area (Å²) >= 11 is 0. The quantitative estimate of drug-likeness (QED) is 0.296. The molecule has 0 saturated heterocycles. The van der Waals surface area contributed by atoms with Gasteiger partial charge in [-0.3, -0.25) is 0 Å². The van der Waals surface area contributed by atoms with E-state index in [1.807, 2.05) is 47.6 Å². The van der Waals surface area contributed by atoms with Gasteiger partial charge >= 0.3 is 0 Å². The zero-order valence-corrected chi connectivity index (χ0v) is 21.7. The predicted octanol–water partition coefficient (Wildman–Crippen LogP) is 3.83. The molecule has 0 saturated carbocycles. The van der Waals surface area contributed by atoms with Crippen molar-refractivity contribution < 1.29 is 12.8 Å². The topological polar surface area (TPSA) is 96.6 Å². The highest BCUT2D eigenvalue weighted by Crippen LogP contribution is 2.17. The second-order valence-corrected chi connectivity index (χ2v) is 9.26. The van der Waals surface area contributed by atoms with Crippen molar-refractivity contribution in [1.82, 2.24) is 15.6 Å². The van der Waals surface area contributed by atoms with Gasteiger partial charge in [0.05, 0.1) is 16.3 Å². The van der Waals surface area contributed by atoms with Crippen LogP contribution in [0, 0.1) is 27.7 Å². The van der Waals surface area contributed by atoms with Crippen LogP contribution in [0.15, 0.2) is 32.5 Å². The zero-order chi connectivity index (χ0) is 21.6. The van der Waals surface area contributed by atoms with Crippen LogP contribution in [0.1, 0.15) is 48.7 Å². The van der Waals surface area contributed by atoms with Crippen molar-refractivity contribution in [2.24, 2.45) is 4.99 Å². The molecule has 1 unspecified atom stereocenters. The maximum atomic E-state index is 12.9. The van der Waals surface area contributed by atoms with Crippen molar-refractivity contribution in [3.8, 4) is 0 Å². The van der Waals surface area contributed by atoms with E-state index in [-0.39, 0.29) is 42.3 Å². The zero-order valence-electron chi connectivity index (χ0n) is 18.6. The number of halogens is 1. The number of hydrogen-bond donors (Lipinski definition) is 2. The van der Waals surface area contributed by atoms with E-state index < -0.39 is 9.84 Å². The molecule has 2 N–H and O–H groups in total. The molecule has 30 heavy (non-hydrogen) atoms. The number of aromatic nitrogens is 1. The average molecular weight is 548 g/mol. The Balaban J connectivity index is 0.00000450. The molecule has 9 heteroatoms. The third-order valence-electron chi connectivity index (χ3n) is 4.88. The SMILES string of the molecule is CCNC(=NCc1nc(C)c(C)o1)NC(CC)CS(=O)(=O)c1ccc(C)c(C)c1.I. The average Bonchev–Trinajstić information content (AvgIpc) is 2.99. The highest BCUT2D eigenvalue weighted by Gasteiger charge is 2.21. The van der Waals surface area contributed by atoms with Crippen LogP contribution in [0.3, 0.4) is 0 Å². The van der Waals surface area contributed by atoms with Gasteiger partial charge in [0.25, 0.3) is 0 Å². The predicted molar refractivity (Wildman–Crippen MR) is 131 cm³/mol. The van der Waals surface area contributed by atoms with Gasteiger partial charge in [0.1, 0.15) is 12.3 Å². The third-order valence-corrected chi connectivity index (χ3v) is 6.69. The van der Waals surface area contributed by atoms with Gasteiger partial charge in [-0.05, 0) is 64.3 Å². The monoisotopic (exact) mass is 548 g/mol. The lowest BCUT2D eigenvalue weighted by atomic mass is 10.1. The Morgan fingerprint density at radius 1 is 1.17 bits per heavy atom. The molecular formula is C21H33IN4O3S. The lowest BCUT2D eigenvalue weighted by Crippen LogP contribution is -2.46. The summed E-state index contributed by atoms with van der Waals surface area (Å²) in [6, 6.07) is 5.00. The van der Waals surface area contributed by atoms with E-state index in [0.717, 1.165) is 22.6 Å². The molecule has 0 aliphatic carbocycles. The summed E-state index contributed by atoms with van der Waals surface area (Å²) in [6.45, 7) is 12.5. The molecular weight excluding hydrogens is 515 g/mol. The molecule has 1 aromatic carbocycles. The molecule has 168 valence electrons. The molecule has 7 nitrogen and oxygen atoms in total. The smallest absolute Gasteiger partial charge is 0.216 e. The highest BCUT2D eigenvalue weighted by molar-refractivity contribution is 14.0. The molecule has 0 spiro atoms. The van der Waals surface area contributed by atoms with Crippen LogP contribution in [-0.2, 0) is 16.4 Å². The first-order chi connectivity index (χ1) is 13.7. The third kappa shape index (κ3) is 7.26. The number of oxazole rings is 1. The molecule has 0 bridgehead atoms. The second kappa shape index (κ2) is 11.7. The van der Waals surface area contributed by atoms with Crippen molar-refractivity contribution in [2.75, 3.05) is 12.3 Å². The number of guanidine groups is 1. The Labute approximate surface area is 197 Å². The lowest BCUT2D eigenvalue weighted by Gasteiger charge is -2.20. The van der Waals surface area contributed by atoms with Gasteiger partial charge in [-0.2, -0.15) is 0 Å². The highest BCUT2D eigenvalue weighted by atomic mass is 127. The second-order valence-electron chi connectivity index (χ2n) is 7.22. The maximum absolute atomic E-state index is 12.9. The minimum absolute atomic E-state index is 0. The fourth-order valence-corrected chi connectivity index (χ4v) is 4.47. The van der Waals surface area contributed by atoms with Crippen molar-refractivity contribution in [2.45, 2.75) is 65.4 Å². The first kappa shape index (κ1) is 26.4. The first-order valence-electron chi connectivity index (χ1n) is 9.94. The molecule has 2 aromatic rings. The summed E-state index contributed by atoms with van der Waals surface area (Å²) in [5.41, 5.74) is 2.89. The van der Waals surface area contributed by atoms with Crippen LogP contribution < -0.4 is 10.6 Å². The number of aliphatic imine (C=N–C) groups is 1. The van der Waals surface area contributed by atoms with Gasteiger partial charge in [0.2, 0.25) is 5.89 Å².